The first-order valence-electron chi connectivity index (χ1n) is 6.78. The van der Waals surface area contributed by atoms with Crippen molar-refractivity contribution < 1.29 is 4.74 Å². The van der Waals surface area contributed by atoms with Crippen LogP contribution in [0.25, 0.3) is 5.76 Å². The van der Waals surface area contributed by atoms with Crippen LogP contribution in [0, 0.1) is 0 Å². The maximum Gasteiger partial charge on any atom is 0.248 e. The number of rotatable bonds is 3. The third-order valence-corrected chi connectivity index (χ3v) is 3.89. The van der Waals surface area contributed by atoms with E-state index in [9.17, 15) is 4.79 Å². The van der Waals surface area contributed by atoms with Crippen molar-refractivity contribution in [2.75, 3.05) is 0 Å². The third kappa shape index (κ3) is 2.27. The molecule has 0 saturated carbocycles. The number of fused-ring (bicyclic) bond motifs is 1. The molecule has 0 saturated heterocycles. The van der Waals surface area contributed by atoms with Crippen molar-refractivity contribution in [3.8, 4) is 0 Å². The van der Waals surface area contributed by atoms with Crippen molar-refractivity contribution >= 4 is 5.76 Å². The first-order valence-corrected chi connectivity index (χ1v) is 6.78. The molecule has 3 rings (SSSR count). The van der Waals surface area contributed by atoms with E-state index in [0.717, 1.165) is 6.42 Å². The fraction of sp³-hybridized carbons (Fsp3) is 0.235. The molecule has 1 N–H and O–H groups in total. The van der Waals surface area contributed by atoms with Crippen LogP contribution in [-0.4, -0.2) is 11.1 Å². The molecule has 0 amide bonds. The van der Waals surface area contributed by atoms with E-state index in [1.54, 1.807) is 12.1 Å². The molecular formula is C17H17NO2. The van der Waals surface area contributed by atoms with E-state index in [1.165, 1.54) is 17.2 Å². The predicted molar refractivity (Wildman–Crippen MR) is 79.5 cm³/mol. The summed E-state index contributed by atoms with van der Waals surface area (Å²) >= 11 is 0. The van der Waals surface area contributed by atoms with Gasteiger partial charge in [0.1, 0.15) is 11.9 Å². The molecule has 3 heteroatoms. The monoisotopic (exact) mass is 267 g/mol. The number of hydrogen-bond acceptors (Lipinski definition) is 2. The average Bonchev–Trinajstić information content (AvgIpc) is 2.76. The minimum absolute atomic E-state index is 0.0728. The lowest BCUT2D eigenvalue weighted by Crippen LogP contribution is -2.17. The average molecular weight is 267 g/mol. The second-order valence-electron chi connectivity index (χ2n) is 5.20. The molecule has 2 unspecified atom stereocenters. The Morgan fingerprint density at radius 2 is 2.05 bits per heavy atom. The zero-order chi connectivity index (χ0) is 14.1. The lowest BCUT2D eigenvalue weighted by atomic mass is 10.0. The SMILES string of the molecule is C=C(OC1Cc2ccccc2C1C)c1cccc(=O)[nH]1. The van der Waals surface area contributed by atoms with E-state index < -0.39 is 0 Å². The van der Waals surface area contributed by atoms with Gasteiger partial charge in [-0.05, 0) is 17.2 Å². The molecule has 3 nitrogen and oxygen atoms in total. The summed E-state index contributed by atoms with van der Waals surface area (Å²) < 4.78 is 5.98. The van der Waals surface area contributed by atoms with E-state index in [4.69, 9.17) is 4.74 Å². The number of H-pyrrole nitrogens is 1. The molecular weight excluding hydrogens is 250 g/mol. The number of aromatic nitrogens is 1. The zero-order valence-corrected chi connectivity index (χ0v) is 11.4. The summed E-state index contributed by atoms with van der Waals surface area (Å²) in [7, 11) is 0. The largest absolute Gasteiger partial charge is 0.488 e. The standard InChI is InChI=1S/C17H17NO2/c1-11-14-7-4-3-6-13(14)10-16(11)20-12(2)15-8-5-9-17(19)18-15/h3-9,11,16H,2,10H2,1H3,(H,18,19). The van der Waals surface area contributed by atoms with Gasteiger partial charge in [-0.15, -0.1) is 0 Å². The highest BCUT2D eigenvalue weighted by Gasteiger charge is 2.30. The molecule has 0 bridgehead atoms. The molecule has 1 aromatic carbocycles. The van der Waals surface area contributed by atoms with Crippen LogP contribution in [0.15, 0.2) is 53.8 Å². The van der Waals surface area contributed by atoms with Crippen LogP contribution in [0.2, 0.25) is 0 Å². The molecule has 0 fully saturated rings. The first kappa shape index (κ1) is 12.7. The highest BCUT2D eigenvalue weighted by atomic mass is 16.5. The number of hydrogen-bond donors (Lipinski definition) is 1. The highest BCUT2D eigenvalue weighted by Crippen LogP contribution is 2.36. The van der Waals surface area contributed by atoms with Crippen LogP contribution in [-0.2, 0) is 11.2 Å². The number of benzene rings is 1. The van der Waals surface area contributed by atoms with Gasteiger partial charge < -0.3 is 9.72 Å². The van der Waals surface area contributed by atoms with E-state index in [0.29, 0.717) is 17.4 Å². The van der Waals surface area contributed by atoms with Gasteiger partial charge in [-0.2, -0.15) is 0 Å². The zero-order valence-electron chi connectivity index (χ0n) is 11.4. The van der Waals surface area contributed by atoms with Gasteiger partial charge in [-0.3, -0.25) is 4.79 Å². The summed E-state index contributed by atoms with van der Waals surface area (Å²) in [6.45, 7) is 6.10. The Morgan fingerprint density at radius 1 is 1.25 bits per heavy atom. The third-order valence-electron chi connectivity index (χ3n) is 3.89. The molecule has 2 aromatic rings. The number of pyridine rings is 1. The van der Waals surface area contributed by atoms with Crippen molar-refractivity contribution in [3.63, 3.8) is 0 Å². The Balaban J connectivity index is 1.77. The van der Waals surface area contributed by atoms with Crippen LogP contribution in [0.4, 0.5) is 0 Å². The van der Waals surface area contributed by atoms with Crippen molar-refractivity contribution in [1.82, 2.24) is 4.98 Å². The Labute approximate surface area is 117 Å². The molecule has 1 aliphatic carbocycles. The molecule has 0 aliphatic heterocycles. The smallest absolute Gasteiger partial charge is 0.248 e. The molecule has 0 radical (unpaired) electrons. The van der Waals surface area contributed by atoms with Gasteiger partial charge in [0.2, 0.25) is 5.56 Å². The van der Waals surface area contributed by atoms with Gasteiger partial charge in [0.15, 0.2) is 0 Å². The summed E-state index contributed by atoms with van der Waals surface area (Å²) in [6.07, 6.45) is 0.955. The molecule has 102 valence electrons. The highest BCUT2D eigenvalue weighted by molar-refractivity contribution is 5.53. The molecule has 2 atom stereocenters. The topological polar surface area (TPSA) is 42.1 Å². The van der Waals surface area contributed by atoms with Crippen LogP contribution < -0.4 is 5.56 Å². The van der Waals surface area contributed by atoms with Gasteiger partial charge in [0.25, 0.3) is 0 Å². The maximum absolute atomic E-state index is 11.3. The lowest BCUT2D eigenvalue weighted by molar-refractivity contribution is 0.155. The fourth-order valence-corrected chi connectivity index (χ4v) is 2.76. The van der Waals surface area contributed by atoms with E-state index in [1.807, 2.05) is 0 Å². The quantitative estimate of drug-likeness (QED) is 0.868. The van der Waals surface area contributed by atoms with E-state index in [-0.39, 0.29) is 11.7 Å². The molecule has 0 spiro atoms. The summed E-state index contributed by atoms with van der Waals surface area (Å²) in [5.74, 6) is 0.853. The Morgan fingerprint density at radius 3 is 2.80 bits per heavy atom. The predicted octanol–water partition coefficient (Wildman–Crippen LogP) is 3.09. The Kier molecular flexibility index (Phi) is 3.18. The minimum Gasteiger partial charge on any atom is -0.488 e. The van der Waals surface area contributed by atoms with E-state index >= 15 is 0 Å². The summed E-state index contributed by atoms with van der Waals surface area (Å²) in [6, 6.07) is 13.4. The van der Waals surface area contributed by atoms with Crippen LogP contribution in [0.3, 0.4) is 0 Å². The maximum atomic E-state index is 11.3. The van der Waals surface area contributed by atoms with Gasteiger partial charge in [-0.1, -0.05) is 43.8 Å². The van der Waals surface area contributed by atoms with Crippen LogP contribution in [0.5, 0.6) is 0 Å². The Bertz CT molecular complexity index is 702. The number of ether oxygens (including phenoxy) is 1. The lowest BCUT2D eigenvalue weighted by Gasteiger charge is -2.19. The molecule has 1 aliphatic rings. The molecule has 1 aromatic heterocycles. The van der Waals surface area contributed by atoms with Crippen molar-refractivity contribution in [2.24, 2.45) is 0 Å². The second kappa shape index (κ2) is 5.00. The summed E-state index contributed by atoms with van der Waals surface area (Å²) in [5.41, 5.74) is 3.17. The van der Waals surface area contributed by atoms with Gasteiger partial charge in [0.05, 0.1) is 5.69 Å². The number of aromatic amines is 1. The minimum atomic E-state index is -0.144. The van der Waals surface area contributed by atoms with Crippen molar-refractivity contribution in [3.05, 3.63) is 76.2 Å². The van der Waals surface area contributed by atoms with Gasteiger partial charge in [-0.25, -0.2) is 0 Å². The normalized spacial score (nSPS) is 20.4. The fourth-order valence-electron chi connectivity index (χ4n) is 2.76. The second-order valence-corrected chi connectivity index (χ2v) is 5.20. The van der Waals surface area contributed by atoms with Crippen molar-refractivity contribution in [2.45, 2.75) is 25.4 Å². The first-order chi connectivity index (χ1) is 9.65. The molecule has 1 heterocycles. The van der Waals surface area contributed by atoms with Gasteiger partial charge in [0, 0.05) is 18.4 Å². The molecule has 20 heavy (non-hydrogen) atoms. The summed E-state index contributed by atoms with van der Waals surface area (Å²) in [4.78, 5) is 14.1. The van der Waals surface area contributed by atoms with Crippen molar-refractivity contribution in [1.29, 1.82) is 0 Å². The van der Waals surface area contributed by atoms with Gasteiger partial charge >= 0.3 is 0 Å². The van der Waals surface area contributed by atoms with Crippen LogP contribution >= 0.6 is 0 Å². The van der Waals surface area contributed by atoms with E-state index in [2.05, 4.69) is 42.8 Å². The van der Waals surface area contributed by atoms with Crippen LogP contribution in [0.1, 0.15) is 29.7 Å². The number of nitrogens with one attached hydrogen (secondary N) is 1. The summed E-state index contributed by atoms with van der Waals surface area (Å²) in [5, 5.41) is 0. The Hall–Kier alpha value is -2.29.